The minimum absolute atomic E-state index is 0.0218. The fraction of sp³-hybridized carbons (Fsp3) is 0.591. The van der Waals surface area contributed by atoms with Gasteiger partial charge in [0.25, 0.3) is 0 Å². The van der Waals surface area contributed by atoms with E-state index in [9.17, 15) is 20.1 Å². The second-order valence-electron chi connectivity index (χ2n) is 15.8. The topological polar surface area (TPSA) is 154 Å². The average Bonchev–Trinajstić information content (AvgIpc) is 3.77. The molecule has 2 aromatic rings. The summed E-state index contributed by atoms with van der Waals surface area (Å²) in [6, 6.07) is 12.3. The Morgan fingerprint density at radius 1 is 1.11 bits per heavy atom. The van der Waals surface area contributed by atoms with Crippen LogP contribution in [0.2, 0.25) is 0 Å². The molecule has 6 N–H and O–H groups in total. The first-order chi connectivity index (χ1) is 26.6. The van der Waals surface area contributed by atoms with Gasteiger partial charge < -0.3 is 40.2 Å². The van der Waals surface area contributed by atoms with Gasteiger partial charge in [-0.05, 0) is 118 Å². The van der Waals surface area contributed by atoms with E-state index in [1.54, 1.807) is 13.1 Å². The van der Waals surface area contributed by atoms with Gasteiger partial charge in [-0.3, -0.25) is 15.1 Å². The van der Waals surface area contributed by atoms with E-state index in [0.29, 0.717) is 61.8 Å². The molecule has 2 fully saturated rings. The van der Waals surface area contributed by atoms with Crippen molar-refractivity contribution in [1.29, 1.82) is 0 Å². The molecule has 0 spiro atoms. The Balaban J connectivity index is 1.53. The molecule has 5 rings (SSSR count). The third kappa shape index (κ3) is 10.5. The summed E-state index contributed by atoms with van der Waals surface area (Å²) >= 11 is 0. The highest BCUT2D eigenvalue weighted by atomic mass is 16.6. The Morgan fingerprint density at radius 3 is 2.69 bits per heavy atom. The third-order valence-corrected chi connectivity index (χ3v) is 11.9. The number of likely N-dealkylation sites (N-methyl/N-ethyl adjacent to an activating group) is 1. The second-order valence-corrected chi connectivity index (χ2v) is 15.8. The molecule has 2 saturated carbocycles. The average molecular weight is 759 g/mol. The number of anilines is 1. The van der Waals surface area contributed by atoms with Gasteiger partial charge in [-0.2, -0.15) is 0 Å². The number of nitrogens with zero attached hydrogens (tertiary/aromatic N) is 1. The molecule has 55 heavy (non-hydrogen) atoms. The molecule has 0 aromatic heterocycles. The van der Waals surface area contributed by atoms with Crippen LogP contribution in [0, 0.1) is 35.1 Å². The van der Waals surface area contributed by atoms with E-state index < -0.39 is 17.3 Å². The van der Waals surface area contributed by atoms with E-state index in [0.717, 1.165) is 68.9 Å². The monoisotopic (exact) mass is 758 g/mol. The number of fused-ring (bicyclic) bond motifs is 3. The van der Waals surface area contributed by atoms with Crippen molar-refractivity contribution in [2.45, 2.75) is 109 Å². The van der Waals surface area contributed by atoms with E-state index in [4.69, 9.17) is 14.2 Å². The van der Waals surface area contributed by atoms with Crippen LogP contribution in [-0.4, -0.2) is 73.8 Å². The van der Waals surface area contributed by atoms with Crippen molar-refractivity contribution in [3.8, 4) is 35.0 Å². The Kier molecular flexibility index (Phi) is 14.9. The summed E-state index contributed by atoms with van der Waals surface area (Å²) in [7, 11) is 6.59. The molecule has 0 saturated heterocycles. The molecule has 300 valence electrons. The number of ether oxygens (including phenoxy) is 3. The Bertz CT molecular complexity index is 1730. The Morgan fingerprint density at radius 2 is 1.95 bits per heavy atom. The van der Waals surface area contributed by atoms with Crippen molar-refractivity contribution in [1.82, 2.24) is 10.6 Å². The number of phenolic OH excluding ortho intramolecular Hbond substituents is 2. The fourth-order valence-electron chi connectivity index (χ4n) is 9.03. The van der Waals surface area contributed by atoms with Crippen LogP contribution in [-0.2, 0) is 22.4 Å². The van der Waals surface area contributed by atoms with E-state index >= 15 is 0 Å². The molecular weight excluding hydrogens is 697 g/mol. The van der Waals surface area contributed by atoms with Gasteiger partial charge >= 0.3 is 0 Å². The number of guanidine groups is 1. The normalized spacial score (nSPS) is 27.3. The summed E-state index contributed by atoms with van der Waals surface area (Å²) in [5.74, 6) is 4.89. The maximum Gasteiger partial charge on any atom is 0.207 e. The lowest BCUT2D eigenvalue weighted by molar-refractivity contribution is -0.125. The number of aliphatic hydroxyl groups excluding tert-OH is 1. The van der Waals surface area contributed by atoms with Gasteiger partial charge in [-0.25, -0.2) is 0 Å². The molecule has 3 aliphatic rings. The van der Waals surface area contributed by atoms with Gasteiger partial charge in [0.05, 0.1) is 12.8 Å². The van der Waals surface area contributed by atoms with Crippen molar-refractivity contribution in [2.75, 3.05) is 40.2 Å². The molecule has 2 bridgehead atoms. The summed E-state index contributed by atoms with van der Waals surface area (Å²) in [5.41, 5.74) is 1.10. The molecule has 11 nitrogen and oxygen atoms in total. The highest BCUT2D eigenvalue weighted by Crippen LogP contribution is 2.49. The van der Waals surface area contributed by atoms with Crippen molar-refractivity contribution >= 4 is 17.4 Å². The smallest absolute Gasteiger partial charge is 0.207 e. The molecule has 0 unspecified atom stereocenters. The van der Waals surface area contributed by atoms with Crippen LogP contribution in [0.15, 0.2) is 47.5 Å². The molecular formula is C44H62N4O7. The van der Waals surface area contributed by atoms with Gasteiger partial charge in [-0.15, -0.1) is 0 Å². The number of rotatable bonds is 14. The van der Waals surface area contributed by atoms with E-state index in [1.165, 1.54) is 14.2 Å². The summed E-state index contributed by atoms with van der Waals surface area (Å²) in [6.45, 7) is 2.76. The minimum atomic E-state index is -0.832. The van der Waals surface area contributed by atoms with Gasteiger partial charge in [0.15, 0.2) is 35.1 Å². The third-order valence-electron chi connectivity index (χ3n) is 11.9. The van der Waals surface area contributed by atoms with Crippen molar-refractivity contribution < 1.29 is 34.3 Å². The van der Waals surface area contributed by atoms with Gasteiger partial charge in [0.2, 0.25) is 5.96 Å². The molecule has 2 aliphatic carbocycles. The standard InChI is InChI=1S/C44H62N4O7/c1-6-7-8-11-30-15-17-39(50)44(28-31-14-16-36(49)37(24-31)53-4)19-9-12-34(44)13-10-21-47-42(46-3)48-35-23-33(22-30)25-38(41(35)52)55-43(29-45-2)20-18-32(27-43)26-40(51)54-5/h14-17,23-25,30,32,34,40,45,49,51-52H,6-9,11-13,18-20,22,26-29H2,1-5H3,(H2,46,47,48)/b17-15+/t30-,32+,34+,40+,43+,44-/m0/s1. The highest BCUT2D eigenvalue weighted by molar-refractivity contribution is 5.97. The first kappa shape index (κ1) is 41.9. The van der Waals surface area contributed by atoms with E-state index in [1.807, 2.05) is 37.4 Å². The zero-order chi connectivity index (χ0) is 39.4. The largest absolute Gasteiger partial charge is 0.504 e. The number of benzene rings is 2. The molecule has 0 amide bonds. The van der Waals surface area contributed by atoms with Crippen LogP contribution in [0.1, 0.15) is 95.1 Å². The lowest BCUT2D eigenvalue weighted by atomic mass is 9.68. The highest BCUT2D eigenvalue weighted by Gasteiger charge is 2.47. The molecule has 1 heterocycles. The lowest BCUT2D eigenvalue weighted by Crippen LogP contribution is -2.43. The number of methoxy groups -OCH3 is 2. The van der Waals surface area contributed by atoms with Crippen LogP contribution in [0.25, 0.3) is 0 Å². The first-order valence-electron chi connectivity index (χ1n) is 20.0. The van der Waals surface area contributed by atoms with Crippen LogP contribution < -0.4 is 25.4 Å². The molecule has 0 radical (unpaired) electrons. The number of nitrogens with one attached hydrogen (secondary N) is 3. The summed E-state index contributed by atoms with van der Waals surface area (Å²) in [4.78, 5) is 19.0. The zero-order valence-corrected chi connectivity index (χ0v) is 33.4. The number of ketones is 1. The summed E-state index contributed by atoms with van der Waals surface area (Å²) < 4.78 is 17.4. The first-order valence-corrected chi connectivity index (χ1v) is 20.0. The summed E-state index contributed by atoms with van der Waals surface area (Å²) in [5, 5.41) is 41.9. The second kappa shape index (κ2) is 19.6. The fourth-order valence-corrected chi connectivity index (χ4v) is 9.03. The number of hydrogen-bond donors (Lipinski definition) is 6. The minimum Gasteiger partial charge on any atom is -0.504 e. The number of allylic oxidation sites excluding steroid dienone is 2. The maximum atomic E-state index is 14.6. The maximum absolute atomic E-state index is 14.6. The van der Waals surface area contributed by atoms with Crippen LogP contribution in [0.3, 0.4) is 0 Å². The predicted molar refractivity (Wildman–Crippen MR) is 216 cm³/mol. The number of phenols is 2. The van der Waals surface area contributed by atoms with Crippen molar-refractivity contribution in [3.05, 3.63) is 53.6 Å². The van der Waals surface area contributed by atoms with E-state index in [2.05, 4.69) is 45.9 Å². The van der Waals surface area contributed by atoms with Crippen molar-refractivity contribution in [3.63, 3.8) is 0 Å². The Labute approximate surface area is 327 Å². The number of aliphatic hydroxyl groups is 1. The molecule has 2 aromatic carbocycles. The zero-order valence-electron chi connectivity index (χ0n) is 33.4. The number of aliphatic imine (C=N–C) groups is 1. The molecule has 1 aliphatic heterocycles. The number of aromatic hydroxyl groups is 2. The Hall–Kier alpha value is -4.24. The predicted octanol–water partition coefficient (Wildman–Crippen LogP) is 6.84. The number of carbonyl (C=O) groups excluding carboxylic acids is 1. The van der Waals surface area contributed by atoms with E-state index in [-0.39, 0.29) is 35.0 Å². The number of carbonyl (C=O) groups is 1. The van der Waals surface area contributed by atoms with Gasteiger partial charge in [0, 0.05) is 45.0 Å². The molecule has 6 atom stereocenters. The number of hydrogen-bond acceptors (Lipinski definition) is 9. The van der Waals surface area contributed by atoms with Crippen LogP contribution in [0.4, 0.5) is 5.69 Å². The van der Waals surface area contributed by atoms with Crippen LogP contribution >= 0.6 is 0 Å². The molecule has 11 heteroatoms. The number of unbranched alkanes of at least 4 members (excludes halogenated alkanes) is 2. The van der Waals surface area contributed by atoms with Crippen LogP contribution in [0.5, 0.6) is 23.0 Å². The quantitative estimate of drug-likeness (QED) is 0.0523. The van der Waals surface area contributed by atoms with Crippen molar-refractivity contribution in [2.24, 2.45) is 28.2 Å². The summed E-state index contributed by atoms with van der Waals surface area (Å²) in [6.07, 6.45) is 14.3. The SMILES string of the molecule is CCCCC[C@H]1/C=C/C(=O)[C@]2(Cc3ccc(O)c(OC)c3)CCC[C@@H]2CC#CNC(=NC)Nc2cc(cc(O[C@]3(CNC)CC[C@H](C[C@H](O)OC)C3)c2O)C1. The lowest BCUT2D eigenvalue weighted by Gasteiger charge is -2.33. The van der Waals surface area contributed by atoms with Gasteiger partial charge in [-0.1, -0.05) is 50.7 Å². The van der Waals surface area contributed by atoms with Gasteiger partial charge in [0.1, 0.15) is 5.60 Å².